The lowest BCUT2D eigenvalue weighted by Gasteiger charge is -2.40. The molecule has 126 valence electrons. The maximum absolute atomic E-state index is 13.0. The van der Waals surface area contributed by atoms with Gasteiger partial charge in [0.15, 0.2) is 0 Å². The fourth-order valence-electron chi connectivity index (χ4n) is 3.39. The lowest BCUT2D eigenvalue weighted by molar-refractivity contribution is -0.125. The van der Waals surface area contributed by atoms with E-state index in [2.05, 4.69) is 68.1 Å². The first-order valence-corrected chi connectivity index (χ1v) is 8.64. The number of amides is 1. The Hall–Kier alpha value is -2.13. The molecule has 3 heteroatoms. The van der Waals surface area contributed by atoms with Gasteiger partial charge in [0.25, 0.3) is 0 Å². The van der Waals surface area contributed by atoms with E-state index in [0.717, 1.165) is 30.9 Å². The van der Waals surface area contributed by atoms with Crippen LogP contribution >= 0.6 is 0 Å². The molecule has 0 radical (unpaired) electrons. The first-order chi connectivity index (χ1) is 11.5. The van der Waals surface area contributed by atoms with Crippen LogP contribution in [0.2, 0.25) is 0 Å². The van der Waals surface area contributed by atoms with Crippen LogP contribution in [0, 0.1) is 20.8 Å². The molecular formula is C21H26N2O. The van der Waals surface area contributed by atoms with Gasteiger partial charge in [-0.25, -0.2) is 0 Å². The SMILES string of the molecule is Cc1ccc(C)c(N2CCN(Cc3ccccc3C)[C@H](C)C2=O)c1. The number of hydrogen-bond donors (Lipinski definition) is 0. The van der Waals surface area contributed by atoms with Crippen molar-refractivity contribution in [3.05, 3.63) is 64.7 Å². The molecule has 1 amide bonds. The minimum absolute atomic E-state index is 0.0988. The van der Waals surface area contributed by atoms with Gasteiger partial charge in [0.1, 0.15) is 0 Å². The number of nitrogens with zero attached hydrogens (tertiary/aromatic N) is 2. The van der Waals surface area contributed by atoms with Crippen molar-refractivity contribution in [1.82, 2.24) is 4.90 Å². The van der Waals surface area contributed by atoms with Gasteiger partial charge in [-0.3, -0.25) is 9.69 Å². The van der Waals surface area contributed by atoms with Crippen LogP contribution in [-0.2, 0) is 11.3 Å². The minimum Gasteiger partial charge on any atom is -0.310 e. The second-order valence-electron chi connectivity index (χ2n) is 6.85. The Balaban J connectivity index is 1.79. The van der Waals surface area contributed by atoms with E-state index in [0.29, 0.717) is 0 Å². The highest BCUT2D eigenvalue weighted by molar-refractivity contribution is 5.98. The van der Waals surface area contributed by atoms with E-state index < -0.39 is 0 Å². The highest BCUT2D eigenvalue weighted by atomic mass is 16.2. The van der Waals surface area contributed by atoms with E-state index in [1.165, 1.54) is 16.7 Å². The van der Waals surface area contributed by atoms with Gasteiger partial charge in [0.05, 0.1) is 6.04 Å². The molecule has 0 saturated carbocycles. The maximum Gasteiger partial charge on any atom is 0.244 e. The molecule has 0 bridgehead atoms. The predicted molar refractivity (Wildman–Crippen MR) is 99.3 cm³/mol. The molecule has 0 aromatic heterocycles. The lowest BCUT2D eigenvalue weighted by Crippen LogP contribution is -2.55. The molecule has 1 saturated heterocycles. The van der Waals surface area contributed by atoms with Crippen LogP contribution in [0.3, 0.4) is 0 Å². The molecule has 2 aromatic rings. The smallest absolute Gasteiger partial charge is 0.244 e. The van der Waals surface area contributed by atoms with Crippen LogP contribution in [0.1, 0.15) is 29.2 Å². The summed E-state index contributed by atoms with van der Waals surface area (Å²) in [5.41, 5.74) is 6.00. The second-order valence-corrected chi connectivity index (χ2v) is 6.85. The van der Waals surface area contributed by atoms with Crippen molar-refractivity contribution >= 4 is 11.6 Å². The molecule has 3 rings (SSSR count). The van der Waals surface area contributed by atoms with E-state index in [-0.39, 0.29) is 11.9 Å². The zero-order valence-electron chi connectivity index (χ0n) is 15.0. The first-order valence-electron chi connectivity index (χ1n) is 8.64. The number of carbonyl (C=O) groups excluding carboxylic acids is 1. The van der Waals surface area contributed by atoms with Crippen LogP contribution in [0.25, 0.3) is 0 Å². The molecule has 1 aliphatic heterocycles. The zero-order valence-corrected chi connectivity index (χ0v) is 15.0. The van der Waals surface area contributed by atoms with Gasteiger partial charge in [-0.05, 0) is 56.0 Å². The van der Waals surface area contributed by atoms with Crippen molar-refractivity contribution in [1.29, 1.82) is 0 Å². The van der Waals surface area contributed by atoms with Crippen molar-refractivity contribution in [3.8, 4) is 0 Å². The maximum atomic E-state index is 13.0. The summed E-state index contributed by atoms with van der Waals surface area (Å²) in [4.78, 5) is 17.2. The normalized spacial score (nSPS) is 18.9. The van der Waals surface area contributed by atoms with E-state index in [1.807, 2.05) is 11.8 Å². The Morgan fingerprint density at radius 3 is 2.50 bits per heavy atom. The van der Waals surface area contributed by atoms with E-state index >= 15 is 0 Å². The highest BCUT2D eigenvalue weighted by Crippen LogP contribution is 2.26. The molecule has 1 heterocycles. The van der Waals surface area contributed by atoms with Gasteiger partial charge in [0, 0.05) is 25.3 Å². The molecule has 0 aliphatic carbocycles. The van der Waals surface area contributed by atoms with E-state index in [9.17, 15) is 4.79 Å². The molecule has 1 atom stereocenters. The third-order valence-electron chi connectivity index (χ3n) is 5.07. The summed E-state index contributed by atoms with van der Waals surface area (Å²) in [7, 11) is 0. The number of hydrogen-bond acceptors (Lipinski definition) is 2. The largest absolute Gasteiger partial charge is 0.310 e. The quantitative estimate of drug-likeness (QED) is 0.857. The van der Waals surface area contributed by atoms with Crippen LogP contribution in [0.5, 0.6) is 0 Å². The van der Waals surface area contributed by atoms with Gasteiger partial charge >= 0.3 is 0 Å². The minimum atomic E-state index is -0.0988. The summed E-state index contributed by atoms with van der Waals surface area (Å²) in [6.07, 6.45) is 0. The van der Waals surface area contributed by atoms with Gasteiger partial charge in [-0.1, -0.05) is 36.4 Å². The third kappa shape index (κ3) is 3.22. The van der Waals surface area contributed by atoms with E-state index in [4.69, 9.17) is 0 Å². The number of aryl methyl sites for hydroxylation is 3. The van der Waals surface area contributed by atoms with Crippen molar-refractivity contribution in [2.75, 3.05) is 18.0 Å². The predicted octanol–water partition coefficient (Wildman–Crippen LogP) is 3.85. The standard InChI is InChI=1S/C21H26N2O/c1-15-9-10-17(3)20(13-15)23-12-11-22(18(4)21(23)24)14-19-8-6-5-7-16(19)2/h5-10,13,18H,11-12,14H2,1-4H3/t18-/m1/s1. The van der Waals surface area contributed by atoms with Crippen LogP contribution in [-0.4, -0.2) is 29.9 Å². The van der Waals surface area contributed by atoms with Crippen molar-refractivity contribution < 1.29 is 4.79 Å². The molecule has 0 spiro atoms. The molecule has 3 nitrogen and oxygen atoms in total. The molecule has 0 N–H and O–H groups in total. The van der Waals surface area contributed by atoms with Gasteiger partial charge in [0.2, 0.25) is 5.91 Å². The number of piperazine rings is 1. The lowest BCUT2D eigenvalue weighted by atomic mass is 10.0. The Labute approximate surface area is 144 Å². The van der Waals surface area contributed by atoms with Gasteiger partial charge < -0.3 is 4.90 Å². The molecule has 0 unspecified atom stereocenters. The van der Waals surface area contributed by atoms with Crippen LogP contribution in [0.15, 0.2) is 42.5 Å². The van der Waals surface area contributed by atoms with Gasteiger partial charge in [-0.2, -0.15) is 0 Å². The van der Waals surface area contributed by atoms with Crippen molar-refractivity contribution in [2.24, 2.45) is 0 Å². The average molecular weight is 322 g/mol. The number of carbonyl (C=O) groups is 1. The summed E-state index contributed by atoms with van der Waals surface area (Å²) >= 11 is 0. The van der Waals surface area contributed by atoms with Crippen molar-refractivity contribution in [3.63, 3.8) is 0 Å². The number of rotatable bonds is 3. The summed E-state index contributed by atoms with van der Waals surface area (Å²) in [5.74, 6) is 0.198. The number of anilines is 1. The Morgan fingerprint density at radius 2 is 1.75 bits per heavy atom. The summed E-state index contributed by atoms with van der Waals surface area (Å²) in [5, 5.41) is 0. The fourth-order valence-corrected chi connectivity index (χ4v) is 3.39. The Bertz CT molecular complexity index is 753. The summed E-state index contributed by atoms with van der Waals surface area (Å²) < 4.78 is 0. The number of benzene rings is 2. The summed E-state index contributed by atoms with van der Waals surface area (Å²) in [6.45, 7) is 10.8. The molecule has 2 aromatic carbocycles. The molecule has 1 aliphatic rings. The van der Waals surface area contributed by atoms with E-state index in [1.54, 1.807) is 0 Å². The molecule has 24 heavy (non-hydrogen) atoms. The van der Waals surface area contributed by atoms with Gasteiger partial charge in [-0.15, -0.1) is 0 Å². The highest BCUT2D eigenvalue weighted by Gasteiger charge is 2.32. The first kappa shape index (κ1) is 16.7. The third-order valence-corrected chi connectivity index (χ3v) is 5.07. The topological polar surface area (TPSA) is 23.6 Å². The Morgan fingerprint density at radius 1 is 1.00 bits per heavy atom. The molecule has 1 fully saturated rings. The van der Waals surface area contributed by atoms with Crippen molar-refractivity contribution in [2.45, 2.75) is 40.3 Å². The fraction of sp³-hybridized carbons (Fsp3) is 0.381. The summed E-state index contributed by atoms with van der Waals surface area (Å²) in [6, 6.07) is 14.6. The second kappa shape index (κ2) is 6.78. The molecular weight excluding hydrogens is 296 g/mol. The van der Waals surface area contributed by atoms with Crippen LogP contribution < -0.4 is 4.90 Å². The van der Waals surface area contributed by atoms with Crippen LogP contribution in [0.4, 0.5) is 5.69 Å². The zero-order chi connectivity index (χ0) is 17.3. The average Bonchev–Trinajstić information content (AvgIpc) is 2.56. The monoisotopic (exact) mass is 322 g/mol. The Kier molecular flexibility index (Phi) is 4.72.